The zero-order chi connectivity index (χ0) is 20.1. The van der Waals surface area contributed by atoms with Crippen LogP contribution in [-0.4, -0.2) is 95.1 Å². The van der Waals surface area contributed by atoms with Gasteiger partial charge in [-0.05, 0) is 31.0 Å². The fraction of sp³-hybridized carbons (Fsp3) is 0.650. The van der Waals surface area contributed by atoms with E-state index in [-0.39, 0.29) is 35.5 Å². The quantitative estimate of drug-likeness (QED) is 0.357. The van der Waals surface area contributed by atoms with Gasteiger partial charge in [-0.1, -0.05) is 12.1 Å². The molecular weight excluding hydrogens is 501 g/mol. The maximum absolute atomic E-state index is 11.5. The van der Waals surface area contributed by atoms with E-state index in [1.807, 2.05) is 7.05 Å². The van der Waals surface area contributed by atoms with Crippen molar-refractivity contribution in [2.75, 3.05) is 75.8 Å². The molecule has 0 amide bonds. The van der Waals surface area contributed by atoms with Crippen LogP contribution in [0.1, 0.15) is 11.1 Å². The molecule has 29 heavy (non-hydrogen) atoms. The first-order valence-corrected chi connectivity index (χ1v) is 11.9. The van der Waals surface area contributed by atoms with Crippen LogP contribution in [0.25, 0.3) is 0 Å². The van der Waals surface area contributed by atoms with Gasteiger partial charge >= 0.3 is 0 Å². The minimum atomic E-state index is -2.81. The van der Waals surface area contributed by atoms with E-state index in [1.54, 1.807) is 0 Å². The van der Waals surface area contributed by atoms with Crippen LogP contribution in [-0.2, 0) is 9.84 Å². The van der Waals surface area contributed by atoms with Gasteiger partial charge in [0.25, 0.3) is 0 Å². The molecule has 164 valence electrons. The highest BCUT2D eigenvalue weighted by atomic mass is 127. The number of aryl methyl sites for hydroxylation is 1. The maximum atomic E-state index is 11.5. The number of benzene rings is 1. The van der Waals surface area contributed by atoms with Crippen molar-refractivity contribution in [1.29, 1.82) is 0 Å². The Hall–Kier alpha value is -1.07. The van der Waals surface area contributed by atoms with Crippen molar-refractivity contribution in [3.05, 3.63) is 29.3 Å². The molecule has 0 bridgehead atoms. The van der Waals surface area contributed by atoms with Crippen molar-refractivity contribution >= 4 is 45.5 Å². The summed E-state index contributed by atoms with van der Waals surface area (Å²) in [6, 6.07) is 6.51. The number of halogens is 1. The average Bonchev–Trinajstić information content (AvgIpc) is 2.69. The van der Waals surface area contributed by atoms with Crippen LogP contribution in [0.4, 0.5) is 5.69 Å². The highest BCUT2D eigenvalue weighted by Gasteiger charge is 2.23. The van der Waals surface area contributed by atoms with E-state index in [0.717, 1.165) is 45.2 Å². The normalized spacial score (nSPS) is 20.3. The standard InChI is InChI=1S/C20H33N5O2S.HI/c1-17-5-4-6-19(18(17)2)24-9-11-25(12-10-24)20(21-3)22-7-8-23-13-15-28(26,27)16-14-23;/h4-6H,7-16H2,1-3H3,(H,21,22);1H. The van der Waals surface area contributed by atoms with E-state index >= 15 is 0 Å². The lowest BCUT2D eigenvalue weighted by Gasteiger charge is -2.38. The van der Waals surface area contributed by atoms with E-state index in [4.69, 9.17) is 0 Å². The van der Waals surface area contributed by atoms with Crippen LogP contribution >= 0.6 is 24.0 Å². The Balaban J connectivity index is 0.00000300. The second-order valence-corrected chi connectivity index (χ2v) is 9.96. The van der Waals surface area contributed by atoms with E-state index in [1.165, 1.54) is 16.8 Å². The summed E-state index contributed by atoms with van der Waals surface area (Å²) in [4.78, 5) is 11.4. The van der Waals surface area contributed by atoms with Crippen molar-refractivity contribution in [1.82, 2.24) is 15.1 Å². The Morgan fingerprint density at radius 1 is 1.07 bits per heavy atom. The van der Waals surface area contributed by atoms with Gasteiger partial charge in [-0.15, -0.1) is 24.0 Å². The topological polar surface area (TPSA) is 68.2 Å². The summed E-state index contributed by atoms with van der Waals surface area (Å²) in [6.45, 7) is 11.1. The molecule has 1 N–H and O–H groups in total. The highest BCUT2D eigenvalue weighted by Crippen LogP contribution is 2.23. The Bertz CT molecular complexity index is 793. The summed E-state index contributed by atoms with van der Waals surface area (Å²) in [5.74, 6) is 1.50. The minimum Gasteiger partial charge on any atom is -0.368 e. The fourth-order valence-corrected chi connectivity index (χ4v) is 5.15. The molecule has 0 unspecified atom stereocenters. The number of sulfone groups is 1. The maximum Gasteiger partial charge on any atom is 0.193 e. The zero-order valence-electron chi connectivity index (χ0n) is 17.7. The van der Waals surface area contributed by atoms with Gasteiger partial charge in [0.05, 0.1) is 11.5 Å². The summed E-state index contributed by atoms with van der Waals surface area (Å²) in [6.07, 6.45) is 0. The monoisotopic (exact) mass is 535 g/mol. The van der Waals surface area contributed by atoms with Crippen molar-refractivity contribution < 1.29 is 8.42 Å². The van der Waals surface area contributed by atoms with Crippen molar-refractivity contribution in [2.24, 2.45) is 4.99 Å². The number of guanidine groups is 1. The van der Waals surface area contributed by atoms with Crippen molar-refractivity contribution in [3.63, 3.8) is 0 Å². The van der Waals surface area contributed by atoms with Crippen LogP contribution in [0, 0.1) is 13.8 Å². The largest absolute Gasteiger partial charge is 0.368 e. The van der Waals surface area contributed by atoms with Crippen LogP contribution < -0.4 is 10.2 Å². The van der Waals surface area contributed by atoms with Gasteiger partial charge in [0.1, 0.15) is 0 Å². The van der Waals surface area contributed by atoms with E-state index in [0.29, 0.717) is 13.1 Å². The first-order valence-electron chi connectivity index (χ1n) is 10.1. The third-order valence-corrected chi connectivity index (χ3v) is 7.47. The van der Waals surface area contributed by atoms with E-state index in [2.05, 4.69) is 57.1 Å². The van der Waals surface area contributed by atoms with Gasteiger partial charge in [-0.3, -0.25) is 9.89 Å². The second kappa shape index (κ2) is 10.8. The number of nitrogens with one attached hydrogen (secondary N) is 1. The molecule has 0 spiro atoms. The first kappa shape index (κ1) is 24.2. The summed E-state index contributed by atoms with van der Waals surface area (Å²) in [5, 5.41) is 3.45. The average molecular weight is 535 g/mol. The predicted octanol–water partition coefficient (Wildman–Crippen LogP) is 1.35. The number of hydrogen-bond acceptors (Lipinski definition) is 5. The molecule has 2 saturated heterocycles. The van der Waals surface area contributed by atoms with Gasteiger partial charge in [0, 0.05) is 65.1 Å². The molecule has 9 heteroatoms. The SMILES string of the molecule is CN=C(NCCN1CCS(=O)(=O)CC1)N1CCN(c2cccc(C)c2C)CC1.I. The molecule has 0 saturated carbocycles. The molecular formula is C20H34IN5O2S. The molecule has 1 aromatic carbocycles. The number of hydrogen-bond donors (Lipinski definition) is 1. The molecule has 7 nitrogen and oxygen atoms in total. The fourth-order valence-electron chi connectivity index (χ4n) is 3.87. The third kappa shape index (κ3) is 6.45. The Kier molecular flexibility index (Phi) is 9.02. The van der Waals surface area contributed by atoms with Gasteiger partial charge in [0.15, 0.2) is 15.8 Å². The number of anilines is 1. The second-order valence-electron chi connectivity index (χ2n) is 7.66. The van der Waals surface area contributed by atoms with E-state index in [9.17, 15) is 8.42 Å². The van der Waals surface area contributed by atoms with Crippen molar-refractivity contribution in [2.45, 2.75) is 13.8 Å². The summed E-state index contributed by atoms with van der Waals surface area (Å²) < 4.78 is 23.1. The lowest BCUT2D eigenvalue weighted by Crippen LogP contribution is -2.53. The molecule has 2 fully saturated rings. The molecule has 0 radical (unpaired) electrons. The molecule has 0 aromatic heterocycles. The van der Waals surface area contributed by atoms with Crippen molar-refractivity contribution in [3.8, 4) is 0 Å². The number of rotatable bonds is 4. The summed E-state index contributed by atoms with van der Waals surface area (Å²) in [5.41, 5.74) is 4.03. The molecule has 2 heterocycles. The summed E-state index contributed by atoms with van der Waals surface area (Å²) in [7, 11) is -0.985. The summed E-state index contributed by atoms with van der Waals surface area (Å²) >= 11 is 0. The lowest BCUT2D eigenvalue weighted by molar-refractivity contribution is 0.296. The van der Waals surface area contributed by atoms with Crippen LogP contribution in [0.2, 0.25) is 0 Å². The first-order chi connectivity index (χ1) is 13.4. The molecule has 0 aliphatic carbocycles. The molecule has 0 atom stereocenters. The Morgan fingerprint density at radius 3 is 2.34 bits per heavy atom. The van der Waals surface area contributed by atoms with Gasteiger partial charge in [-0.25, -0.2) is 8.42 Å². The van der Waals surface area contributed by atoms with Crippen LogP contribution in [0.15, 0.2) is 23.2 Å². The minimum absolute atomic E-state index is 0. The molecule has 2 aliphatic rings. The van der Waals surface area contributed by atoms with Gasteiger partial charge in [0.2, 0.25) is 0 Å². The zero-order valence-corrected chi connectivity index (χ0v) is 20.9. The molecule has 3 rings (SSSR count). The molecule has 2 aliphatic heterocycles. The number of piperazine rings is 1. The Labute approximate surface area is 192 Å². The van der Waals surface area contributed by atoms with Gasteiger partial charge in [-0.2, -0.15) is 0 Å². The number of aliphatic imine (C=N–C) groups is 1. The Morgan fingerprint density at radius 2 is 1.72 bits per heavy atom. The lowest BCUT2D eigenvalue weighted by atomic mass is 10.1. The molecule has 1 aromatic rings. The number of nitrogens with zero attached hydrogens (tertiary/aromatic N) is 4. The smallest absolute Gasteiger partial charge is 0.193 e. The van der Waals surface area contributed by atoms with Gasteiger partial charge < -0.3 is 15.1 Å². The van der Waals surface area contributed by atoms with Crippen LogP contribution in [0.5, 0.6) is 0 Å². The predicted molar refractivity (Wildman–Crippen MR) is 132 cm³/mol. The third-order valence-electron chi connectivity index (χ3n) is 5.86. The highest BCUT2D eigenvalue weighted by molar-refractivity contribution is 14.0. The van der Waals surface area contributed by atoms with Crippen LogP contribution in [0.3, 0.4) is 0 Å². The van der Waals surface area contributed by atoms with E-state index < -0.39 is 9.84 Å².